The Bertz CT molecular complexity index is 513. The van der Waals surface area contributed by atoms with Gasteiger partial charge in [-0.05, 0) is 18.6 Å². The number of rotatable bonds is 8. The van der Waals surface area contributed by atoms with Gasteiger partial charge in [0.05, 0.1) is 24.8 Å². The van der Waals surface area contributed by atoms with Gasteiger partial charge >= 0.3 is 0 Å². The molecular weight excluding hydrogens is 260 g/mol. The number of H-pyrrole nitrogens is 1. The minimum absolute atomic E-state index is 0.769. The minimum Gasteiger partial charge on any atom is -0.497 e. The summed E-state index contributed by atoms with van der Waals surface area (Å²) in [7, 11) is 1.67. The molecule has 5 heteroatoms. The Morgan fingerprint density at radius 2 is 2.21 bits per heavy atom. The maximum Gasteiger partial charge on any atom is 0.166 e. The third-order valence-electron chi connectivity index (χ3n) is 2.78. The number of benzene rings is 1. The van der Waals surface area contributed by atoms with E-state index in [-0.39, 0.29) is 0 Å². The molecular formula is C14H20N2O2S. The number of aromatic nitrogens is 2. The number of hydrogen-bond donors (Lipinski definition) is 1. The van der Waals surface area contributed by atoms with E-state index in [9.17, 15) is 0 Å². The Morgan fingerprint density at radius 3 is 3.00 bits per heavy atom. The summed E-state index contributed by atoms with van der Waals surface area (Å²) in [6, 6.07) is 5.85. The minimum atomic E-state index is 0.769. The van der Waals surface area contributed by atoms with Gasteiger partial charge in [-0.1, -0.05) is 25.1 Å². The number of imidazole rings is 1. The van der Waals surface area contributed by atoms with E-state index in [0.29, 0.717) is 0 Å². The molecule has 19 heavy (non-hydrogen) atoms. The maximum atomic E-state index is 5.52. The number of aromatic amines is 1. The Morgan fingerprint density at radius 1 is 1.32 bits per heavy atom. The van der Waals surface area contributed by atoms with Crippen LogP contribution in [0.3, 0.4) is 0 Å². The van der Waals surface area contributed by atoms with Crippen LogP contribution in [0.4, 0.5) is 0 Å². The molecule has 0 saturated carbocycles. The summed E-state index contributed by atoms with van der Waals surface area (Å²) in [6.45, 7) is 3.79. The summed E-state index contributed by atoms with van der Waals surface area (Å²) in [6.07, 6.45) is 2.31. The van der Waals surface area contributed by atoms with Crippen LogP contribution in [0.25, 0.3) is 11.0 Å². The highest BCUT2D eigenvalue weighted by Gasteiger charge is 2.04. The first kappa shape index (κ1) is 14.2. The summed E-state index contributed by atoms with van der Waals surface area (Å²) < 4.78 is 10.7. The van der Waals surface area contributed by atoms with Crippen molar-refractivity contribution in [2.45, 2.75) is 24.9 Å². The van der Waals surface area contributed by atoms with Gasteiger partial charge < -0.3 is 14.5 Å². The van der Waals surface area contributed by atoms with Crippen LogP contribution in [0.1, 0.15) is 19.8 Å². The van der Waals surface area contributed by atoms with Crippen LogP contribution in [-0.2, 0) is 4.74 Å². The molecule has 0 aliphatic rings. The van der Waals surface area contributed by atoms with Crippen LogP contribution in [-0.4, -0.2) is 36.0 Å². The van der Waals surface area contributed by atoms with E-state index in [0.717, 1.165) is 47.3 Å². The molecule has 1 aromatic carbocycles. The highest BCUT2D eigenvalue weighted by atomic mass is 32.2. The van der Waals surface area contributed by atoms with Crippen LogP contribution < -0.4 is 4.74 Å². The van der Waals surface area contributed by atoms with Gasteiger partial charge in [0.15, 0.2) is 5.16 Å². The molecule has 4 nitrogen and oxygen atoms in total. The van der Waals surface area contributed by atoms with E-state index in [1.54, 1.807) is 18.9 Å². The second kappa shape index (κ2) is 7.40. The largest absolute Gasteiger partial charge is 0.497 e. The van der Waals surface area contributed by atoms with Crippen molar-refractivity contribution in [2.24, 2.45) is 0 Å². The third kappa shape index (κ3) is 4.14. The quantitative estimate of drug-likeness (QED) is 0.594. The van der Waals surface area contributed by atoms with Crippen molar-refractivity contribution in [3.63, 3.8) is 0 Å². The number of methoxy groups -OCH3 is 1. The molecule has 0 fully saturated rings. The molecule has 1 aromatic heterocycles. The zero-order valence-electron chi connectivity index (χ0n) is 11.4. The highest BCUT2D eigenvalue weighted by Crippen LogP contribution is 2.22. The van der Waals surface area contributed by atoms with Gasteiger partial charge in [0, 0.05) is 18.4 Å². The van der Waals surface area contributed by atoms with Crippen molar-refractivity contribution >= 4 is 22.8 Å². The van der Waals surface area contributed by atoms with Gasteiger partial charge in [0.1, 0.15) is 5.75 Å². The normalized spacial score (nSPS) is 11.1. The van der Waals surface area contributed by atoms with Crippen molar-refractivity contribution in [3.8, 4) is 5.75 Å². The second-order valence-electron chi connectivity index (χ2n) is 4.24. The standard InChI is InChI=1S/C14H20N2O2S/c1-3-4-7-18-8-9-19-14-15-12-6-5-11(17-2)10-13(12)16-14/h5-6,10H,3-4,7-9H2,1-2H3,(H,15,16). The van der Waals surface area contributed by atoms with E-state index in [1.165, 1.54) is 6.42 Å². The smallest absolute Gasteiger partial charge is 0.166 e. The van der Waals surface area contributed by atoms with Gasteiger partial charge in [-0.2, -0.15) is 0 Å². The zero-order chi connectivity index (χ0) is 13.5. The lowest BCUT2D eigenvalue weighted by atomic mass is 10.3. The molecule has 0 saturated heterocycles. The monoisotopic (exact) mass is 280 g/mol. The van der Waals surface area contributed by atoms with E-state index >= 15 is 0 Å². The molecule has 0 atom stereocenters. The van der Waals surface area contributed by atoms with Gasteiger partial charge in [-0.25, -0.2) is 4.98 Å². The van der Waals surface area contributed by atoms with Crippen molar-refractivity contribution in [3.05, 3.63) is 18.2 Å². The Balaban J connectivity index is 1.84. The van der Waals surface area contributed by atoms with E-state index < -0.39 is 0 Å². The number of nitrogens with one attached hydrogen (secondary N) is 1. The summed E-state index contributed by atoms with van der Waals surface area (Å²) in [5, 5.41) is 0.933. The van der Waals surface area contributed by atoms with E-state index in [2.05, 4.69) is 16.9 Å². The third-order valence-corrected chi connectivity index (χ3v) is 3.61. The van der Waals surface area contributed by atoms with Crippen LogP contribution in [0.2, 0.25) is 0 Å². The van der Waals surface area contributed by atoms with Gasteiger partial charge in [0.2, 0.25) is 0 Å². The molecule has 104 valence electrons. The molecule has 0 unspecified atom stereocenters. The molecule has 0 spiro atoms. The molecule has 0 radical (unpaired) electrons. The van der Waals surface area contributed by atoms with Crippen LogP contribution in [0.15, 0.2) is 23.4 Å². The van der Waals surface area contributed by atoms with Crippen molar-refractivity contribution in [2.75, 3.05) is 26.1 Å². The lowest BCUT2D eigenvalue weighted by Gasteiger charge is -2.01. The fourth-order valence-electron chi connectivity index (χ4n) is 1.71. The van der Waals surface area contributed by atoms with Crippen LogP contribution >= 0.6 is 11.8 Å². The number of fused-ring (bicyclic) bond motifs is 1. The first-order valence-electron chi connectivity index (χ1n) is 6.57. The Hall–Kier alpha value is -1.20. The summed E-state index contributed by atoms with van der Waals surface area (Å²) in [4.78, 5) is 7.81. The average molecular weight is 280 g/mol. The lowest BCUT2D eigenvalue weighted by molar-refractivity contribution is 0.147. The molecule has 2 rings (SSSR count). The van der Waals surface area contributed by atoms with Gasteiger partial charge in [-0.15, -0.1) is 0 Å². The second-order valence-corrected chi connectivity index (χ2v) is 5.32. The number of unbranched alkanes of at least 4 members (excludes halogenated alkanes) is 1. The van der Waals surface area contributed by atoms with Gasteiger partial charge in [0.25, 0.3) is 0 Å². The molecule has 1 heterocycles. The molecule has 0 bridgehead atoms. The first-order chi connectivity index (χ1) is 9.33. The van der Waals surface area contributed by atoms with Crippen molar-refractivity contribution < 1.29 is 9.47 Å². The fraction of sp³-hybridized carbons (Fsp3) is 0.500. The van der Waals surface area contributed by atoms with E-state index in [4.69, 9.17) is 9.47 Å². The molecule has 2 aromatic rings. The lowest BCUT2D eigenvalue weighted by Crippen LogP contribution is -1.98. The highest BCUT2D eigenvalue weighted by molar-refractivity contribution is 7.99. The predicted octanol–water partition coefficient (Wildman–Crippen LogP) is 3.48. The molecule has 1 N–H and O–H groups in total. The predicted molar refractivity (Wildman–Crippen MR) is 79.1 cm³/mol. The van der Waals surface area contributed by atoms with Crippen molar-refractivity contribution in [1.82, 2.24) is 9.97 Å². The van der Waals surface area contributed by atoms with E-state index in [1.807, 2.05) is 18.2 Å². The zero-order valence-corrected chi connectivity index (χ0v) is 12.3. The number of thioether (sulfide) groups is 1. The number of hydrogen-bond acceptors (Lipinski definition) is 4. The number of ether oxygens (including phenoxy) is 2. The molecule has 0 amide bonds. The topological polar surface area (TPSA) is 47.1 Å². The summed E-state index contributed by atoms with van der Waals surface area (Å²) >= 11 is 1.69. The van der Waals surface area contributed by atoms with Crippen LogP contribution in [0, 0.1) is 0 Å². The Kier molecular flexibility index (Phi) is 5.54. The fourth-order valence-corrected chi connectivity index (χ4v) is 2.45. The summed E-state index contributed by atoms with van der Waals surface area (Å²) in [5.74, 6) is 1.76. The van der Waals surface area contributed by atoms with Gasteiger partial charge in [-0.3, -0.25) is 0 Å². The average Bonchev–Trinajstić information content (AvgIpc) is 2.84. The van der Waals surface area contributed by atoms with Crippen molar-refractivity contribution in [1.29, 1.82) is 0 Å². The number of nitrogens with zero attached hydrogens (tertiary/aromatic N) is 1. The maximum absolute atomic E-state index is 5.52. The Labute approximate surface area is 117 Å². The SMILES string of the molecule is CCCCOCCSc1nc2ccc(OC)cc2[nH]1. The summed E-state index contributed by atoms with van der Waals surface area (Å²) in [5.41, 5.74) is 1.98. The van der Waals surface area contributed by atoms with Crippen LogP contribution in [0.5, 0.6) is 5.75 Å². The molecule has 0 aliphatic heterocycles. The molecule has 0 aliphatic carbocycles. The first-order valence-corrected chi connectivity index (χ1v) is 7.56.